The zero-order valence-electron chi connectivity index (χ0n) is 14.3. The topological polar surface area (TPSA) is 76.9 Å². The van der Waals surface area contributed by atoms with E-state index in [0.717, 1.165) is 10.4 Å². The maximum atomic E-state index is 10.1. The largest absolute Gasteiger partial charge is 0.506 e. The highest BCUT2D eigenvalue weighted by atomic mass is 32.1. The Kier molecular flexibility index (Phi) is 6.23. The van der Waals surface area contributed by atoms with Crippen molar-refractivity contribution >= 4 is 23.0 Å². The lowest BCUT2D eigenvalue weighted by molar-refractivity contribution is 0.300. The van der Waals surface area contributed by atoms with Crippen LogP contribution in [-0.4, -0.2) is 29.3 Å². The number of hydrogen-bond acceptors (Lipinski definition) is 4. The van der Waals surface area contributed by atoms with Gasteiger partial charge in [0.1, 0.15) is 5.75 Å². The Bertz CT molecular complexity index is 676. The standard InChI is InChI=1S/C18H25N3O2S/c1-18(2,3)13-6-7-16(23)15(11-13)21-17(19-8-9-22)20-12-14-5-4-10-24-14/h4-7,10-11,22-23H,8-9,12H2,1-3H3,(H2,19,20,21). The number of aromatic hydroxyl groups is 1. The number of hydrogen-bond donors (Lipinski definition) is 4. The van der Waals surface area contributed by atoms with Crippen molar-refractivity contribution in [1.29, 1.82) is 0 Å². The molecule has 0 aliphatic heterocycles. The molecule has 0 spiro atoms. The van der Waals surface area contributed by atoms with E-state index < -0.39 is 0 Å². The van der Waals surface area contributed by atoms with Gasteiger partial charge in [0, 0.05) is 11.4 Å². The number of aliphatic hydroxyl groups excluding tert-OH is 1. The number of aliphatic hydroxyl groups is 1. The molecule has 24 heavy (non-hydrogen) atoms. The number of guanidine groups is 1. The summed E-state index contributed by atoms with van der Waals surface area (Å²) in [7, 11) is 0. The molecule has 2 aromatic rings. The minimum atomic E-state index is -0.0169. The van der Waals surface area contributed by atoms with Gasteiger partial charge in [-0.1, -0.05) is 32.9 Å². The highest BCUT2D eigenvalue weighted by Crippen LogP contribution is 2.30. The van der Waals surface area contributed by atoms with Crippen LogP contribution >= 0.6 is 11.3 Å². The van der Waals surface area contributed by atoms with E-state index in [1.54, 1.807) is 17.4 Å². The zero-order valence-corrected chi connectivity index (χ0v) is 15.2. The van der Waals surface area contributed by atoms with Crippen LogP contribution in [0.3, 0.4) is 0 Å². The average Bonchev–Trinajstić information content (AvgIpc) is 3.04. The van der Waals surface area contributed by atoms with Crippen molar-refractivity contribution in [2.75, 3.05) is 18.5 Å². The molecule has 0 bridgehead atoms. The monoisotopic (exact) mass is 347 g/mol. The zero-order chi connectivity index (χ0) is 17.6. The van der Waals surface area contributed by atoms with Crippen LogP contribution in [0.1, 0.15) is 31.2 Å². The number of nitrogens with zero attached hydrogens (tertiary/aromatic N) is 1. The number of benzene rings is 1. The highest BCUT2D eigenvalue weighted by molar-refractivity contribution is 7.09. The molecule has 0 unspecified atom stereocenters. The van der Waals surface area contributed by atoms with Gasteiger partial charge in [-0.3, -0.25) is 0 Å². The van der Waals surface area contributed by atoms with Crippen molar-refractivity contribution in [3.63, 3.8) is 0 Å². The summed E-state index contributed by atoms with van der Waals surface area (Å²) in [6.45, 7) is 7.30. The third kappa shape index (κ3) is 5.25. The maximum absolute atomic E-state index is 10.1. The molecule has 4 N–H and O–H groups in total. The molecule has 1 aromatic carbocycles. The molecule has 0 amide bonds. The number of phenolic OH excluding ortho intramolecular Hbond substituents is 1. The third-order valence-corrected chi connectivity index (χ3v) is 4.35. The first-order chi connectivity index (χ1) is 11.4. The highest BCUT2D eigenvalue weighted by Gasteiger charge is 2.16. The summed E-state index contributed by atoms with van der Waals surface area (Å²) in [5.74, 6) is 0.691. The predicted octanol–water partition coefficient (Wildman–Crippen LogP) is 3.30. The second-order valence-corrected chi connectivity index (χ2v) is 7.53. The van der Waals surface area contributed by atoms with E-state index >= 15 is 0 Å². The summed E-state index contributed by atoms with van der Waals surface area (Å²) in [5, 5.41) is 27.4. The fraction of sp³-hybridized carbons (Fsp3) is 0.389. The number of nitrogens with one attached hydrogen (secondary N) is 2. The van der Waals surface area contributed by atoms with Crippen LogP contribution in [0, 0.1) is 0 Å². The van der Waals surface area contributed by atoms with Gasteiger partial charge in [-0.05, 0) is 34.6 Å². The van der Waals surface area contributed by atoms with Gasteiger partial charge >= 0.3 is 0 Å². The molecule has 1 heterocycles. The van der Waals surface area contributed by atoms with Gasteiger partial charge in [0.15, 0.2) is 5.96 Å². The van der Waals surface area contributed by atoms with Crippen LogP contribution in [0.2, 0.25) is 0 Å². The molecular weight excluding hydrogens is 322 g/mol. The molecule has 0 atom stereocenters. The number of thiophene rings is 1. The molecule has 0 aliphatic rings. The summed E-state index contributed by atoms with van der Waals surface area (Å²) in [6.07, 6.45) is 0. The van der Waals surface area contributed by atoms with E-state index in [2.05, 4.69) is 36.4 Å². The van der Waals surface area contributed by atoms with Crippen LogP contribution in [0.25, 0.3) is 0 Å². The third-order valence-electron chi connectivity index (χ3n) is 3.49. The van der Waals surface area contributed by atoms with Gasteiger partial charge in [0.05, 0.1) is 18.8 Å². The molecule has 0 saturated heterocycles. The van der Waals surface area contributed by atoms with Gasteiger partial charge in [-0.2, -0.15) is 0 Å². The lowest BCUT2D eigenvalue weighted by atomic mass is 9.87. The average molecular weight is 347 g/mol. The van der Waals surface area contributed by atoms with Crippen molar-refractivity contribution in [3.8, 4) is 5.75 Å². The van der Waals surface area contributed by atoms with Crippen LogP contribution in [0.15, 0.2) is 40.7 Å². The lowest BCUT2D eigenvalue weighted by Gasteiger charge is -2.21. The maximum Gasteiger partial charge on any atom is 0.196 e. The second-order valence-electron chi connectivity index (χ2n) is 6.50. The van der Waals surface area contributed by atoms with Gasteiger partial charge in [0.25, 0.3) is 0 Å². The summed E-state index contributed by atoms with van der Waals surface area (Å²) in [6, 6.07) is 9.55. The molecule has 6 heteroatoms. The van der Waals surface area contributed by atoms with Crippen molar-refractivity contribution in [1.82, 2.24) is 5.32 Å². The molecule has 1 aromatic heterocycles. The van der Waals surface area contributed by atoms with E-state index in [4.69, 9.17) is 5.11 Å². The van der Waals surface area contributed by atoms with Gasteiger partial charge in [-0.15, -0.1) is 11.3 Å². The fourth-order valence-corrected chi connectivity index (χ4v) is 2.73. The van der Waals surface area contributed by atoms with E-state index in [-0.39, 0.29) is 17.8 Å². The Morgan fingerprint density at radius 2 is 2.04 bits per heavy atom. The molecule has 0 saturated carbocycles. The molecular formula is C18H25N3O2S. The Morgan fingerprint density at radius 1 is 1.25 bits per heavy atom. The van der Waals surface area contributed by atoms with E-state index in [1.807, 2.05) is 29.6 Å². The molecule has 2 rings (SSSR count). The Labute approximate surface area is 147 Å². The summed E-state index contributed by atoms with van der Waals surface area (Å²) in [4.78, 5) is 5.66. The summed E-state index contributed by atoms with van der Waals surface area (Å²) < 4.78 is 0. The fourth-order valence-electron chi connectivity index (χ4n) is 2.10. The van der Waals surface area contributed by atoms with E-state index in [9.17, 15) is 5.11 Å². The number of anilines is 1. The first-order valence-corrected chi connectivity index (χ1v) is 8.80. The first kappa shape index (κ1) is 18.3. The first-order valence-electron chi connectivity index (χ1n) is 7.92. The SMILES string of the molecule is CC(C)(C)c1ccc(O)c(NC(=NCc2cccs2)NCCO)c1. The Balaban J connectivity index is 2.20. The summed E-state index contributed by atoms with van der Waals surface area (Å²) in [5.41, 5.74) is 1.69. The van der Waals surface area contributed by atoms with Crippen LogP contribution in [0.5, 0.6) is 5.75 Å². The normalized spacial score (nSPS) is 12.2. The molecule has 0 radical (unpaired) electrons. The van der Waals surface area contributed by atoms with Crippen molar-refractivity contribution in [2.24, 2.45) is 4.99 Å². The molecule has 130 valence electrons. The Morgan fingerprint density at radius 3 is 2.67 bits per heavy atom. The minimum absolute atomic E-state index is 0.00765. The van der Waals surface area contributed by atoms with Crippen molar-refractivity contribution < 1.29 is 10.2 Å². The number of rotatable bonds is 5. The minimum Gasteiger partial charge on any atom is -0.506 e. The lowest BCUT2D eigenvalue weighted by Crippen LogP contribution is -2.33. The quantitative estimate of drug-likeness (QED) is 0.380. The molecule has 0 fully saturated rings. The van der Waals surface area contributed by atoms with Gasteiger partial charge < -0.3 is 20.8 Å². The molecule has 0 aliphatic carbocycles. The van der Waals surface area contributed by atoms with Crippen LogP contribution in [-0.2, 0) is 12.0 Å². The van der Waals surface area contributed by atoms with Crippen molar-refractivity contribution in [3.05, 3.63) is 46.2 Å². The van der Waals surface area contributed by atoms with Gasteiger partial charge in [0.2, 0.25) is 0 Å². The van der Waals surface area contributed by atoms with Crippen LogP contribution < -0.4 is 10.6 Å². The number of aliphatic imine (C=N–C) groups is 1. The van der Waals surface area contributed by atoms with E-state index in [0.29, 0.717) is 24.7 Å². The van der Waals surface area contributed by atoms with Crippen molar-refractivity contribution in [2.45, 2.75) is 32.7 Å². The number of phenols is 1. The predicted molar refractivity (Wildman–Crippen MR) is 101 cm³/mol. The summed E-state index contributed by atoms with van der Waals surface area (Å²) >= 11 is 1.64. The van der Waals surface area contributed by atoms with Crippen LogP contribution in [0.4, 0.5) is 5.69 Å². The van der Waals surface area contributed by atoms with E-state index in [1.165, 1.54) is 0 Å². The Hall–Kier alpha value is -2.05. The molecule has 5 nitrogen and oxygen atoms in total. The van der Waals surface area contributed by atoms with Gasteiger partial charge in [-0.25, -0.2) is 4.99 Å². The second kappa shape index (κ2) is 8.17. The smallest absolute Gasteiger partial charge is 0.196 e.